The number of fused-ring (bicyclic) bond motifs is 2. The summed E-state index contributed by atoms with van der Waals surface area (Å²) in [7, 11) is 0. The Morgan fingerprint density at radius 3 is 2.76 bits per heavy atom. The molecule has 108 valence electrons. The second kappa shape index (κ2) is 3.90. The van der Waals surface area contributed by atoms with E-state index in [1.807, 2.05) is 13.0 Å². The average Bonchev–Trinajstić information content (AvgIpc) is 3.17. The first kappa shape index (κ1) is 12.5. The molecule has 2 N–H and O–H groups in total. The first-order valence-corrected chi connectivity index (χ1v) is 7.03. The molecule has 1 saturated carbocycles. The molecule has 2 aliphatic heterocycles. The molecule has 1 aliphatic carbocycles. The van der Waals surface area contributed by atoms with Crippen LogP contribution in [0.5, 0.6) is 0 Å². The number of nitrogens with zero attached hydrogens (tertiary/aromatic N) is 1. The summed E-state index contributed by atoms with van der Waals surface area (Å²) in [5.74, 6) is -0.758. The van der Waals surface area contributed by atoms with Crippen LogP contribution in [-0.2, 0) is 15.0 Å². The van der Waals surface area contributed by atoms with E-state index in [-0.39, 0.29) is 17.7 Å². The lowest BCUT2D eigenvalue weighted by Gasteiger charge is -2.20. The zero-order chi connectivity index (χ0) is 14.8. The maximum Gasteiger partial charge on any atom is 0.240 e. The van der Waals surface area contributed by atoms with E-state index in [0.717, 1.165) is 18.4 Å². The standard InChI is InChI=1S/C15H14FN3O2/c1-7-4-11(20)18-19-12(7)8-5-9-13(10(16)6-8)17-14(21)15(9)2-3-15/h5-7H,2-4H2,1H3,(H,17,21)(H,18,20). The average molecular weight is 287 g/mol. The van der Waals surface area contributed by atoms with Gasteiger partial charge in [-0.15, -0.1) is 0 Å². The van der Waals surface area contributed by atoms with Crippen LogP contribution in [0.4, 0.5) is 10.1 Å². The molecule has 1 fully saturated rings. The van der Waals surface area contributed by atoms with Crippen molar-refractivity contribution in [3.05, 3.63) is 29.1 Å². The number of hydrogen-bond donors (Lipinski definition) is 2. The molecule has 1 unspecified atom stereocenters. The molecule has 1 aromatic carbocycles. The molecule has 6 heteroatoms. The number of hydrazone groups is 1. The van der Waals surface area contributed by atoms with E-state index in [4.69, 9.17) is 0 Å². The molecule has 1 spiro atoms. The molecular formula is C15H14FN3O2. The van der Waals surface area contributed by atoms with Gasteiger partial charge in [-0.2, -0.15) is 5.10 Å². The molecule has 2 amide bonds. The zero-order valence-corrected chi connectivity index (χ0v) is 11.5. The summed E-state index contributed by atoms with van der Waals surface area (Å²) in [6, 6.07) is 3.23. The van der Waals surface area contributed by atoms with E-state index >= 15 is 0 Å². The highest BCUT2D eigenvalue weighted by Crippen LogP contribution is 2.55. The molecular weight excluding hydrogens is 273 g/mol. The summed E-state index contributed by atoms with van der Waals surface area (Å²) >= 11 is 0. The summed E-state index contributed by atoms with van der Waals surface area (Å²) in [6.07, 6.45) is 1.85. The molecule has 0 bridgehead atoms. The predicted molar refractivity (Wildman–Crippen MR) is 74.4 cm³/mol. The van der Waals surface area contributed by atoms with Crippen molar-refractivity contribution in [1.29, 1.82) is 0 Å². The van der Waals surface area contributed by atoms with Crippen molar-refractivity contribution in [3.8, 4) is 0 Å². The Morgan fingerprint density at radius 2 is 2.10 bits per heavy atom. The predicted octanol–water partition coefficient (Wildman–Crippen LogP) is 1.67. The van der Waals surface area contributed by atoms with Crippen LogP contribution in [0, 0.1) is 11.7 Å². The summed E-state index contributed by atoms with van der Waals surface area (Å²) in [6.45, 7) is 1.89. The molecule has 0 aromatic heterocycles. The summed E-state index contributed by atoms with van der Waals surface area (Å²) in [5.41, 5.74) is 4.23. The van der Waals surface area contributed by atoms with Crippen LogP contribution in [0.15, 0.2) is 17.2 Å². The Balaban J connectivity index is 1.83. The number of hydrogen-bond acceptors (Lipinski definition) is 3. The zero-order valence-electron chi connectivity index (χ0n) is 11.5. The van der Waals surface area contributed by atoms with Crippen LogP contribution < -0.4 is 10.7 Å². The number of nitrogens with one attached hydrogen (secondary N) is 2. The van der Waals surface area contributed by atoms with Gasteiger partial charge in [0.05, 0.1) is 16.8 Å². The Hall–Kier alpha value is -2.24. The minimum atomic E-state index is -0.534. The Kier molecular flexibility index (Phi) is 2.32. The fourth-order valence-corrected chi connectivity index (χ4v) is 3.24. The van der Waals surface area contributed by atoms with Gasteiger partial charge in [0.1, 0.15) is 5.82 Å². The highest BCUT2D eigenvalue weighted by atomic mass is 19.1. The lowest BCUT2D eigenvalue weighted by molar-refractivity contribution is -0.122. The van der Waals surface area contributed by atoms with Gasteiger partial charge in [0.15, 0.2) is 0 Å². The number of benzene rings is 1. The maximum atomic E-state index is 14.3. The number of amides is 2. The van der Waals surface area contributed by atoms with Crippen LogP contribution in [-0.4, -0.2) is 17.5 Å². The van der Waals surface area contributed by atoms with E-state index in [9.17, 15) is 14.0 Å². The Morgan fingerprint density at radius 1 is 1.33 bits per heavy atom. The maximum absolute atomic E-state index is 14.3. The Bertz CT molecular complexity index is 722. The summed E-state index contributed by atoms with van der Waals surface area (Å²) in [4.78, 5) is 23.3. The number of halogens is 1. The number of anilines is 1. The van der Waals surface area contributed by atoms with Gasteiger partial charge >= 0.3 is 0 Å². The molecule has 3 aliphatic rings. The smallest absolute Gasteiger partial charge is 0.240 e. The highest BCUT2D eigenvalue weighted by Gasteiger charge is 2.57. The normalized spacial score (nSPS) is 25.2. The fourth-order valence-electron chi connectivity index (χ4n) is 3.24. The lowest BCUT2D eigenvalue weighted by atomic mass is 9.89. The first-order valence-electron chi connectivity index (χ1n) is 7.03. The Labute approximate surface area is 120 Å². The van der Waals surface area contributed by atoms with Crippen molar-refractivity contribution in [3.63, 3.8) is 0 Å². The lowest BCUT2D eigenvalue weighted by Crippen LogP contribution is -2.32. The van der Waals surface area contributed by atoms with Gasteiger partial charge in [-0.05, 0) is 30.5 Å². The molecule has 2 heterocycles. The quantitative estimate of drug-likeness (QED) is 0.825. The van der Waals surface area contributed by atoms with E-state index in [0.29, 0.717) is 23.4 Å². The van der Waals surface area contributed by atoms with Gasteiger partial charge in [0, 0.05) is 17.9 Å². The van der Waals surface area contributed by atoms with Crippen molar-refractivity contribution >= 4 is 23.2 Å². The second-order valence-corrected chi connectivity index (χ2v) is 6.05. The van der Waals surface area contributed by atoms with E-state index < -0.39 is 11.2 Å². The minimum Gasteiger partial charge on any atom is -0.323 e. The molecule has 1 atom stereocenters. The second-order valence-electron chi connectivity index (χ2n) is 6.05. The highest BCUT2D eigenvalue weighted by molar-refractivity contribution is 6.11. The number of carbonyl (C=O) groups excluding carboxylic acids is 2. The van der Waals surface area contributed by atoms with Gasteiger partial charge in [0.25, 0.3) is 0 Å². The molecule has 0 saturated heterocycles. The molecule has 5 nitrogen and oxygen atoms in total. The SMILES string of the molecule is CC1CC(=O)NN=C1c1cc(F)c2c(c1)C1(CC1)C(=O)N2. The van der Waals surface area contributed by atoms with Crippen LogP contribution in [0.3, 0.4) is 0 Å². The van der Waals surface area contributed by atoms with Crippen molar-refractivity contribution in [2.24, 2.45) is 11.0 Å². The van der Waals surface area contributed by atoms with Crippen molar-refractivity contribution < 1.29 is 14.0 Å². The molecule has 21 heavy (non-hydrogen) atoms. The van der Waals surface area contributed by atoms with Crippen molar-refractivity contribution in [2.75, 3.05) is 5.32 Å². The largest absolute Gasteiger partial charge is 0.323 e. The van der Waals surface area contributed by atoms with Gasteiger partial charge < -0.3 is 5.32 Å². The topological polar surface area (TPSA) is 70.6 Å². The third-order valence-corrected chi connectivity index (χ3v) is 4.58. The van der Waals surface area contributed by atoms with E-state index in [1.165, 1.54) is 6.07 Å². The van der Waals surface area contributed by atoms with E-state index in [2.05, 4.69) is 15.8 Å². The van der Waals surface area contributed by atoms with Crippen LogP contribution >= 0.6 is 0 Å². The van der Waals surface area contributed by atoms with Crippen LogP contribution in [0.25, 0.3) is 0 Å². The van der Waals surface area contributed by atoms with E-state index in [1.54, 1.807) is 0 Å². The summed E-state index contributed by atoms with van der Waals surface area (Å²) < 4.78 is 14.3. The first-order chi connectivity index (χ1) is 10.0. The van der Waals surface area contributed by atoms with Crippen molar-refractivity contribution in [2.45, 2.75) is 31.6 Å². The molecule has 4 rings (SSSR count). The molecule has 0 radical (unpaired) electrons. The molecule has 1 aromatic rings. The number of rotatable bonds is 1. The van der Waals surface area contributed by atoms with Gasteiger partial charge in [-0.25, -0.2) is 9.82 Å². The third kappa shape index (κ3) is 1.65. The van der Waals surface area contributed by atoms with Gasteiger partial charge in [-0.1, -0.05) is 6.92 Å². The minimum absolute atomic E-state index is 0.0728. The third-order valence-electron chi connectivity index (χ3n) is 4.58. The monoisotopic (exact) mass is 287 g/mol. The van der Waals surface area contributed by atoms with Crippen molar-refractivity contribution in [1.82, 2.24) is 5.43 Å². The van der Waals surface area contributed by atoms with Crippen LogP contribution in [0.1, 0.15) is 37.3 Å². The van der Waals surface area contributed by atoms with Gasteiger partial charge in [0.2, 0.25) is 11.8 Å². The van der Waals surface area contributed by atoms with Crippen LogP contribution in [0.2, 0.25) is 0 Å². The number of carbonyl (C=O) groups is 2. The summed E-state index contributed by atoms with van der Waals surface area (Å²) in [5, 5.41) is 6.70. The fraction of sp³-hybridized carbons (Fsp3) is 0.400. The van der Waals surface area contributed by atoms with Gasteiger partial charge in [-0.3, -0.25) is 9.59 Å².